The monoisotopic (exact) mass is 303 g/mol. The molecule has 1 aromatic heterocycles. The number of furan rings is 1. The van der Waals surface area contributed by atoms with Crippen molar-refractivity contribution in [3.8, 4) is 0 Å². The Morgan fingerprint density at radius 1 is 1.59 bits per heavy atom. The van der Waals surface area contributed by atoms with Crippen LogP contribution < -0.4 is 5.32 Å². The molecule has 0 aliphatic carbocycles. The lowest BCUT2D eigenvalue weighted by molar-refractivity contribution is -0.143. The van der Waals surface area contributed by atoms with E-state index in [0.29, 0.717) is 16.7 Å². The van der Waals surface area contributed by atoms with Crippen LogP contribution in [0, 0.1) is 0 Å². The molecule has 0 saturated carbocycles. The number of rotatable bonds is 5. The first kappa shape index (κ1) is 13.8. The number of amides is 1. The summed E-state index contributed by atoms with van der Waals surface area (Å²) in [6.45, 7) is 1.93. The summed E-state index contributed by atoms with van der Waals surface area (Å²) in [6, 6.07) is 0.918. The first-order valence-corrected chi connectivity index (χ1v) is 6.00. The number of halogens is 1. The standard InChI is InChI=1S/C11H14BrNO4/c1-3-4-8(11(15)16-2)13-10(14)7-5-9(12)17-6-7/h5-6,8H,3-4H2,1-2H3,(H,13,14)/t8-/m0/s1. The van der Waals surface area contributed by atoms with Crippen molar-refractivity contribution in [1.29, 1.82) is 0 Å². The average Bonchev–Trinajstić information content (AvgIpc) is 2.74. The van der Waals surface area contributed by atoms with Gasteiger partial charge in [-0.05, 0) is 22.4 Å². The van der Waals surface area contributed by atoms with E-state index in [1.165, 1.54) is 19.4 Å². The third kappa shape index (κ3) is 3.89. The van der Waals surface area contributed by atoms with Gasteiger partial charge in [-0.2, -0.15) is 0 Å². The van der Waals surface area contributed by atoms with Gasteiger partial charge >= 0.3 is 5.97 Å². The van der Waals surface area contributed by atoms with Crippen LogP contribution in [0.3, 0.4) is 0 Å². The molecular formula is C11H14BrNO4. The van der Waals surface area contributed by atoms with E-state index in [0.717, 1.165) is 6.42 Å². The first-order chi connectivity index (χ1) is 8.08. The molecule has 0 bridgehead atoms. The van der Waals surface area contributed by atoms with Crippen molar-refractivity contribution in [2.24, 2.45) is 0 Å². The van der Waals surface area contributed by atoms with Crippen LogP contribution >= 0.6 is 15.9 Å². The third-order valence-electron chi connectivity index (χ3n) is 2.20. The molecule has 6 heteroatoms. The Balaban J connectivity index is 2.67. The second kappa shape index (κ2) is 6.44. The predicted molar refractivity (Wildman–Crippen MR) is 64.6 cm³/mol. The SMILES string of the molecule is CCC[C@H](NC(=O)c1coc(Br)c1)C(=O)OC. The number of hydrogen-bond donors (Lipinski definition) is 1. The molecule has 17 heavy (non-hydrogen) atoms. The van der Waals surface area contributed by atoms with Crippen LogP contribution in [-0.4, -0.2) is 25.0 Å². The van der Waals surface area contributed by atoms with Gasteiger partial charge in [-0.1, -0.05) is 13.3 Å². The predicted octanol–water partition coefficient (Wildman–Crippen LogP) is 2.11. The smallest absolute Gasteiger partial charge is 0.328 e. The van der Waals surface area contributed by atoms with Gasteiger partial charge in [-0.3, -0.25) is 4.79 Å². The van der Waals surface area contributed by atoms with E-state index in [4.69, 9.17) is 4.42 Å². The zero-order valence-electron chi connectivity index (χ0n) is 9.66. The van der Waals surface area contributed by atoms with Crippen molar-refractivity contribution in [2.75, 3.05) is 7.11 Å². The molecule has 1 rings (SSSR count). The van der Waals surface area contributed by atoms with E-state index < -0.39 is 12.0 Å². The summed E-state index contributed by atoms with van der Waals surface area (Å²) in [5, 5.41) is 2.60. The number of carbonyl (C=O) groups excluding carboxylic acids is 2. The quantitative estimate of drug-likeness (QED) is 0.846. The highest BCUT2D eigenvalue weighted by Crippen LogP contribution is 2.14. The fourth-order valence-electron chi connectivity index (χ4n) is 1.35. The van der Waals surface area contributed by atoms with Crippen molar-refractivity contribution in [2.45, 2.75) is 25.8 Å². The summed E-state index contributed by atoms with van der Waals surface area (Å²) in [5.41, 5.74) is 0.363. The molecule has 0 aliphatic rings. The van der Waals surface area contributed by atoms with Crippen molar-refractivity contribution in [1.82, 2.24) is 5.32 Å². The lowest BCUT2D eigenvalue weighted by atomic mass is 10.1. The van der Waals surface area contributed by atoms with Crippen molar-refractivity contribution in [3.05, 3.63) is 22.6 Å². The highest BCUT2D eigenvalue weighted by molar-refractivity contribution is 9.10. The zero-order valence-corrected chi connectivity index (χ0v) is 11.2. The molecular weight excluding hydrogens is 290 g/mol. The fourth-order valence-corrected chi connectivity index (χ4v) is 1.69. The minimum Gasteiger partial charge on any atom is -0.467 e. The summed E-state index contributed by atoms with van der Waals surface area (Å²) < 4.78 is 10.0. The number of esters is 1. The van der Waals surface area contributed by atoms with Gasteiger partial charge in [-0.25, -0.2) is 4.79 Å². The molecule has 0 fully saturated rings. The molecule has 1 atom stereocenters. The second-order valence-electron chi connectivity index (χ2n) is 3.48. The molecule has 0 aliphatic heterocycles. The van der Waals surface area contributed by atoms with E-state index in [1.807, 2.05) is 6.92 Å². The van der Waals surface area contributed by atoms with Crippen LogP contribution in [0.5, 0.6) is 0 Å². The molecule has 1 N–H and O–H groups in total. The molecule has 1 aromatic rings. The van der Waals surface area contributed by atoms with E-state index in [1.54, 1.807) is 0 Å². The van der Waals surface area contributed by atoms with Crippen LogP contribution in [0.1, 0.15) is 30.1 Å². The molecule has 1 heterocycles. The van der Waals surface area contributed by atoms with Crippen LogP contribution in [-0.2, 0) is 9.53 Å². The molecule has 0 saturated heterocycles. The number of methoxy groups -OCH3 is 1. The number of hydrogen-bond acceptors (Lipinski definition) is 4. The lowest BCUT2D eigenvalue weighted by Gasteiger charge is -2.14. The topological polar surface area (TPSA) is 68.5 Å². The van der Waals surface area contributed by atoms with E-state index in [9.17, 15) is 9.59 Å². The van der Waals surface area contributed by atoms with E-state index >= 15 is 0 Å². The summed E-state index contributed by atoms with van der Waals surface area (Å²) >= 11 is 3.10. The number of carbonyl (C=O) groups is 2. The highest BCUT2D eigenvalue weighted by atomic mass is 79.9. The Morgan fingerprint density at radius 2 is 2.29 bits per heavy atom. The van der Waals surface area contributed by atoms with Gasteiger partial charge in [0.05, 0.1) is 12.7 Å². The molecule has 0 aromatic carbocycles. The minimum absolute atomic E-state index is 0.358. The summed E-state index contributed by atoms with van der Waals surface area (Å²) in [5.74, 6) is -0.800. The Kier molecular flexibility index (Phi) is 5.21. The van der Waals surface area contributed by atoms with Crippen LogP contribution in [0.15, 0.2) is 21.4 Å². The van der Waals surface area contributed by atoms with Gasteiger partial charge in [0.25, 0.3) is 5.91 Å². The highest BCUT2D eigenvalue weighted by Gasteiger charge is 2.21. The summed E-state index contributed by atoms with van der Waals surface area (Å²) in [7, 11) is 1.30. The lowest BCUT2D eigenvalue weighted by Crippen LogP contribution is -2.41. The van der Waals surface area contributed by atoms with E-state index in [2.05, 4.69) is 26.0 Å². The maximum atomic E-state index is 11.8. The van der Waals surface area contributed by atoms with Gasteiger partial charge in [-0.15, -0.1) is 0 Å². The van der Waals surface area contributed by atoms with Crippen molar-refractivity contribution < 1.29 is 18.7 Å². The Bertz CT molecular complexity index is 402. The third-order valence-corrected chi connectivity index (χ3v) is 2.61. The molecule has 0 spiro atoms. The summed E-state index contributed by atoms with van der Waals surface area (Å²) in [6.07, 6.45) is 2.63. The summed E-state index contributed by atoms with van der Waals surface area (Å²) in [4.78, 5) is 23.2. The van der Waals surface area contributed by atoms with Gasteiger partial charge in [0.15, 0.2) is 4.67 Å². The Morgan fingerprint density at radius 3 is 2.76 bits per heavy atom. The van der Waals surface area contributed by atoms with Crippen molar-refractivity contribution in [3.63, 3.8) is 0 Å². The molecule has 0 radical (unpaired) electrons. The Labute approximate surface area is 108 Å². The van der Waals surface area contributed by atoms with E-state index in [-0.39, 0.29) is 5.91 Å². The molecule has 94 valence electrons. The van der Waals surface area contributed by atoms with Gasteiger partial charge < -0.3 is 14.5 Å². The average molecular weight is 304 g/mol. The second-order valence-corrected chi connectivity index (χ2v) is 4.26. The minimum atomic E-state index is -0.619. The maximum absolute atomic E-state index is 11.8. The number of ether oxygens (including phenoxy) is 1. The van der Waals surface area contributed by atoms with Crippen LogP contribution in [0.25, 0.3) is 0 Å². The normalized spacial score (nSPS) is 11.9. The van der Waals surface area contributed by atoms with Gasteiger partial charge in [0.1, 0.15) is 12.3 Å². The molecule has 5 nitrogen and oxygen atoms in total. The fraction of sp³-hybridized carbons (Fsp3) is 0.455. The number of nitrogens with one attached hydrogen (secondary N) is 1. The first-order valence-electron chi connectivity index (χ1n) is 5.21. The van der Waals surface area contributed by atoms with Crippen LogP contribution in [0.4, 0.5) is 0 Å². The maximum Gasteiger partial charge on any atom is 0.328 e. The molecule has 1 amide bonds. The van der Waals surface area contributed by atoms with Crippen molar-refractivity contribution >= 4 is 27.8 Å². The Hall–Kier alpha value is -1.30. The largest absolute Gasteiger partial charge is 0.467 e. The van der Waals surface area contributed by atoms with Gasteiger partial charge in [0.2, 0.25) is 0 Å². The zero-order chi connectivity index (χ0) is 12.8. The molecule has 0 unspecified atom stereocenters. The van der Waals surface area contributed by atoms with Crippen LogP contribution in [0.2, 0.25) is 0 Å². The van der Waals surface area contributed by atoms with Gasteiger partial charge in [0, 0.05) is 6.07 Å².